The zero-order valence-corrected chi connectivity index (χ0v) is 12.7. The highest BCUT2D eigenvalue weighted by molar-refractivity contribution is 7.89. The molecule has 1 heterocycles. The van der Waals surface area contributed by atoms with Gasteiger partial charge >= 0.3 is 0 Å². The Morgan fingerprint density at radius 2 is 2.25 bits per heavy atom. The summed E-state index contributed by atoms with van der Waals surface area (Å²) in [6.07, 6.45) is 3.94. The zero-order valence-electron chi connectivity index (χ0n) is 11.9. The zero-order chi connectivity index (χ0) is 14.6. The molecule has 0 radical (unpaired) electrons. The van der Waals surface area contributed by atoms with E-state index in [0.717, 1.165) is 6.61 Å². The third-order valence-corrected chi connectivity index (χ3v) is 5.11. The molecule has 0 unspecified atom stereocenters. The van der Waals surface area contributed by atoms with Crippen LogP contribution in [0.25, 0.3) is 0 Å². The number of nitrogens with one attached hydrogen (secondary N) is 1. The van der Waals surface area contributed by atoms with Gasteiger partial charge in [0.15, 0.2) is 5.03 Å². The molecule has 0 spiro atoms. The van der Waals surface area contributed by atoms with Crippen molar-refractivity contribution in [1.29, 1.82) is 0 Å². The van der Waals surface area contributed by atoms with Crippen LogP contribution < -0.4 is 5.32 Å². The van der Waals surface area contributed by atoms with Crippen molar-refractivity contribution < 1.29 is 13.2 Å². The summed E-state index contributed by atoms with van der Waals surface area (Å²) in [5, 5.41) is 2.90. The largest absolute Gasteiger partial charge is 0.386 e. The molecule has 1 aromatic heterocycles. The van der Waals surface area contributed by atoms with E-state index in [4.69, 9.17) is 4.74 Å². The van der Waals surface area contributed by atoms with Gasteiger partial charge in [0, 0.05) is 33.4 Å². The van der Waals surface area contributed by atoms with Crippen LogP contribution in [0.1, 0.15) is 12.8 Å². The van der Waals surface area contributed by atoms with Crippen molar-refractivity contribution >= 4 is 15.7 Å². The van der Waals surface area contributed by atoms with Gasteiger partial charge in [0.2, 0.25) is 0 Å². The number of hydrogen-bond donors (Lipinski definition) is 1. The first-order valence-electron chi connectivity index (χ1n) is 6.72. The van der Waals surface area contributed by atoms with Crippen LogP contribution in [-0.4, -0.2) is 51.6 Å². The van der Waals surface area contributed by atoms with Crippen LogP contribution in [0.2, 0.25) is 0 Å². The van der Waals surface area contributed by atoms with Crippen LogP contribution in [0, 0.1) is 5.92 Å². The minimum absolute atomic E-state index is 0.0483. The summed E-state index contributed by atoms with van der Waals surface area (Å²) in [6.45, 7) is 1.47. The van der Waals surface area contributed by atoms with Crippen LogP contribution >= 0.6 is 0 Å². The first-order chi connectivity index (χ1) is 9.55. The number of rotatable bonds is 8. The van der Waals surface area contributed by atoms with E-state index in [1.807, 2.05) is 0 Å². The molecule has 1 aliphatic carbocycles. The van der Waals surface area contributed by atoms with Crippen molar-refractivity contribution in [1.82, 2.24) is 9.29 Å². The summed E-state index contributed by atoms with van der Waals surface area (Å²) in [5.41, 5.74) is 0.498. The molecule has 0 aromatic carbocycles. The first kappa shape index (κ1) is 15.2. The van der Waals surface area contributed by atoms with Gasteiger partial charge in [-0.25, -0.2) is 13.4 Å². The summed E-state index contributed by atoms with van der Waals surface area (Å²) in [7, 11) is -0.366. The van der Waals surface area contributed by atoms with Crippen molar-refractivity contribution in [3.63, 3.8) is 0 Å². The molecule has 0 saturated heterocycles. The Morgan fingerprint density at radius 1 is 1.50 bits per heavy atom. The fourth-order valence-electron chi connectivity index (χ4n) is 1.78. The standard InChI is InChI=1S/C13H21N3O3S/c1-14-12-4-3-7-15-13(12)20(17,18)16(2)8-9-19-10-11-5-6-11/h3-4,7,11,14H,5-6,8-10H2,1-2H3. The molecule has 0 aliphatic heterocycles. The maximum absolute atomic E-state index is 12.4. The topological polar surface area (TPSA) is 71.5 Å². The molecule has 0 amide bonds. The highest BCUT2D eigenvalue weighted by atomic mass is 32.2. The van der Waals surface area contributed by atoms with E-state index in [9.17, 15) is 8.42 Å². The van der Waals surface area contributed by atoms with Crippen LogP contribution in [0.3, 0.4) is 0 Å². The Morgan fingerprint density at radius 3 is 2.90 bits per heavy atom. The quantitative estimate of drug-likeness (QED) is 0.730. The van der Waals surface area contributed by atoms with E-state index < -0.39 is 10.0 Å². The van der Waals surface area contributed by atoms with Crippen molar-refractivity contribution in [3.05, 3.63) is 18.3 Å². The molecule has 20 heavy (non-hydrogen) atoms. The van der Waals surface area contributed by atoms with E-state index in [0.29, 0.717) is 24.8 Å². The summed E-state index contributed by atoms with van der Waals surface area (Å²) >= 11 is 0. The van der Waals surface area contributed by atoms with Gasteiger partial charge in [-0.2, -0.15) is 4.31 Å². The number of ether oxygens (including phenoxy) is 1. The van der Waals surface area contributed by atoms with Gasteiger partial charge in [0.25, 0.3) is 10.0 Å². The maximum Gasteiger partial charge on any atom is 0.262 e. The number of likely N-dealkylation sites (N-methyl/N-ethyl adjacent to an activating group) is 1. The molecule has 112 valence electrons. The Bertz CT molecular complexity index is 544. The third-order valence-electron chi connectivity index (χ3n) is 3.30. The van der Waals surface area contributed by atoms with Crippen LogP contribution in [0.4, 0.5) is 5.69 Å². The smallest absolute Gasteiger partial charge is 0.262 e. The maximum atomic E-state index is 12.4. The second-order valence-electron chi connectivity index (χ2n) is 4.95. The molecule has 1 aromatic rings. The molecule has 0 bridgehead atoms. The van der Waals surface area contributed by atoms with Crippen molar-refractivity contribution in [2.24, 2.45) is 5.92 Å². The molecule has 1 aliphatic rings. The Kier molecular flexibility index (Phi) is 4.95. The van der Waals surface area contributed by atoms with Crippen molar-refractivity contribution in [3.8, 4) is 0 Å². The highest BCUT2D eigenvalue weighted by Crippen LogP contribution is 2.28. The molecule has 1 fully saturated rings. The lowest BCUT2D eigenvalue weighted by Crippen LogP contribution is -2.31. The highest BCUT2D eigenvalue weighted by Gasteiger charge is 2.25. The molecule has 2 rings (SSSR count). The van der Waals surface area contributed by atoms with Crippen molar-refractivity contribution in [2.45, 2.75) is 17.9 Å². The van der Waals surface area contributed by atoms with E-state index in [-0.39, 0.29) is 5.03 Å². The second-order valence-corrected chi connectivity index (χ2v) is 6.91. The van der Waals surface area contributed by atoms with E-state index in [1.54, 1.807) is 26.2 Å². The normalized spacial score (nSPS) is 15.6. The molecular weight excluding hydrogens is 278 g/mol. The molecule has 1 saturated carbocycles. The lowest BCUT2D eigenvalue weighted by atomic mass is 10.4. The number of aromatic nitrogens is 1. The van der Waals surface area contributed by atoms with Gasteiger partial charge in [-0.15, -0.1) is 0 Å². The number of hydrogen-bond acceptors (Lipinski definition) is 5. The average molecular weight is 299 g/mol. The SMILES string of the molecule is CNc1cccnc1S(=O)(=O)N(C)CCOCC1CC1. The number of nitrogens with zero attached hydrogens (tertiary/aromatic N) is 2. The summed E-state index contributed by atoms with van der Waals surface area (Å²) in [5.74, 6) is 0.684. The number of sulfonamides is 1. The Hall–Kier alpha value is -1.18. The molecule has 1 N–H and O–H groups in total. The van der Waals surface area contributed by atoms with E-state index in [2.05, 4.69) is 10.3 Å². The van der Waals surface area contributed by atoms with E-state index >= 15 is 0 Å². The third kappa shape index (κ3) is 3.68. The monoisotopic (exact) mass is 299 g/mol. The fraction of sp³-hybridized carbons (Fsp3) is 0.615. The summed E-state index contributed by atoms with van der Waals surface area (Å²) in [6, 6.07) is 3.39. The molecule has 7 heteroatoms. The first-order valence-corrected chi connectivity index (χ1v) is 8.16. The molecular formula is C13H21N3O3S. The van der Waals surface area contributed by atoms with Crippen LogP contribution in [0.5, 0.6) is 0 Å². The van der Waals surface area contributed by atoms with Gasteiger partial charge in [-0.3, -0.25) is 0 Å². The van der Waals surface area contributed by atoms with Crippen LogP contribution in [-0.2, 0) is 14.8 Å². The summed E-state index contributed by atoms with van der Waals surface area (Å²) in [4.78, 5) is 3.98. The fourth-order valence-corrected chi connectivity index (χ4v) is 3.03. The molecule has 0 atom stereocenters. The predicted octanol–water partition coefficient (Wildman–Crippen LogP) is 1.17. The van der Waals surface area contributed by atoms with Gasteiger partial charge < -0.3 is 10.1 Å². The predicted molar refractivity (Wildman–Crippen MR) is 77.1 cm³/mol. The minimum atomic E-state index is -3.59. The average Bonchev–Trinajstić information content (AvgIpc) is 3.27. The molecule has 6 nitrogen and oxygen atoms in total. The van der Waals surface area contributed by atoms with Gasteiger partial charge in [-0.1, -0.05) is 0 Å². The van der Waals surface area contributed by atoms with Crippen molar-refractivity contribution in [2.75, 3.05) is 39.2 Å². The number of pyridine rings is 1. The van der Waals surface area contributed by atoms with Gasteiger partial charge in [-0.05, 0) is 30.9 Å². The Labute approximate surface area is 120 Å². The lowest BCUT2D eigenvalue weighted by Gasteiger charge is -2.18. The Balaban J connectivity index is 1.96. The minimum Gasteiger partial charge on any atom is -0.386 e. The second kappa shape index (κ2) is 6.51. The van der Waals surface area contributed by atoms with E-state index in [1.165, 1.54) is 23.3 Å². The lowest BCUT2D eigenvalue weighted by molar-refractivity contribution is 0.117. The van der Waals surface area contributed by atoms with Gasteiger partial charge in [0.1, 0.15) is 0 Å². The summed E-state index contributed by atoms with van der Waals surface area (Å²) < 4.78 is 31.6. The van der Waals surface area contributed by atoms with Crippen LogP contribution in [0.15, 0.2) is 23.4 Å². The van der Waals surface area contributed by atoms with Gasteiger partial charge in [0.05, 0.1) is 12.3 Å². The number of anilines is 1.